The summed E-state index contributed by atoms with van der Waals surface area (Å²) in [5.41, 5.74) is 3.45. The van der Waals surface area contributed by atoms with E-state index in [0.717, 1.165) is 0 Å². The highest BCUT2D eigenvalue weighted by Gasteiger charge is 2.46. The molecule has 4 N–H and O–H groups in total. The van der Waals surface area contributed by atoms with Gasteiger partial charge >= 0.3 is 5.97 Å². The van der Waals surface area contributed by atoms with Crippen LogP contribution in [0.25, 0.3) is 0 Å². The number of aliphatic carboxylic acids is 1. The number of hydrogen-bond donors (Lipinski definition) is 3. The van der Waals surface area contributed by atoms with E-state index in [-0.39, 0.29) is 6.42 Å². The first kappa shape index (κ1) is 8.00. The van der Waals surface area contributed by atoms with Gasteiger partial charge in [-0.3, -0.25) is 10.1 Å². The molecular formula is C6H10N2O3. The molecule has 5 heteroatoms. The molecule has 1 atom stereocenters. The Hall–Kier alpha value is -1.10. The lowest BCUT2D eigenvalue weighted by Crippen LogP contribution is -2.57. The first-order chi connectivity index (χ1) is 5.09. The van der Waals surface area contributed by atoms with Crippen molar-refractivity contribution in [3.63, 3.8) is 0 Å². The van der Waals surface area contributed by atoms with Gasteiger partial charge in [0.25, 0.3) is 0 Å². The highest BCUT2D eigenvalue weighted by Crippen LogP contribution is 2.18. The molecule has 0 saturated carbocycles. The second kappa shape index (κ2) is 2.50. The molecule has 0 unspecified atom stereocenters. The summed E-state index contributed by atoms with van der Waals surface area (Å²) >= 11 is 0. The van der Waals surface area contributed by atoms with Gasteiger partial charge in [0, 0.05) is 0 Å². The van der Waals surface area contributed by atoms with Crippen LogP contribution in [0, 0.1) is 0 Å². The zero-order chi connectivity index (χ0) is 8.48. The number of rotatable bonds is 2. The van der Waals surface area contributed by atoms with Crippen molar-refractivity contribution in [3.8, 4) is 0 Å². The molecular weight excluding hydrogens is 148 g/mol. The largest absolute Gasteiger partial charge is 0.479 e. The highest BCUT2D eigenvalue weighted by atomic mass is 16.4. The van der Waals surface area contributed by atoms with Gasteiger partial charge in [-0.25, -0.2) is 4.79 Å². The minimum atomic E-state index is -1.50. The van der Waals surface area contributed by atoms with Crippen molar-refractivity contribution in [2.24, 2.45) is 5.73 Å². The Kier molecular flexibility index (Phi) is 1.82. The van der Waals surface area contributed by atoms with Crippen molar-refractivity contribution >= 4 is 11.9 Å². The fourth-order valence-electron chi connectivity index (χ4n) is 1.24. The predicted molar refractivity (Wildman–Crippen MR) is 36.8 cm³/mol. The van der Waals surface area contributed by atoms with Gasteiger partial charge in [-0.2, -0.15) is 0 Å². The minimum Gasteiger partial charge on any atom is -0.479 e. The Morgan fingerprint density at radius 3 is 2.36 bits per heavy atom. The fraction of sp³-hybridized carbons (Fsp3) is 0.667. The van der Waals surface area contributed by atoms with Gasteiger partial charge in [-0.1, -0.05) is 0 Å². The molecule has 1 fully saturated rings. The Balaban J connectivity index is 2.87. The van der Waals surface area contributed by atoms with E-state index >= 15 is 0 Å². The van der Waals surface area contributed by atoms with Gasteiger partial charge in [0.15, 0.2) is 5.54 Å². The molecule has 0 aliphatic carbocycles. The summed E-state index contributed by atoms with van der Waals surface area (Å²) in [7, 11) is 0. The second-order valence-corrected chi connectivity index (χ2v) is 2.61. The van der Waals surface area contributed by atoms with Gasteiger partial charge in [0.2, 0.25) is 5.91 Å². The smallest absolute Gasteiger partial charge is 0.333 e. The zero-order valence-electron chi connectivity index (χ0n) is 5.96. The standard InChI is InChI=1S/C6H10N2O3/c7-4(9)6(5(10)11)2-1-3-8-6/h8H,1-3H2,(H2,7,9)(H,10,11)/t6-/m0/s1. The molecule has 1 rings (SSSR count). The molecule has 1 aliphatic rings. The van der Waals surface area contributed by atoms with Crippen molar-refractivity contribution < 1.29 is 14.7 Å². The number of nitrogens with one attached hydrogen (secondary N) is 1. The van der Waals surface area contributed by atoms with Crippen molar-refractivity contribution in [2.45, 2.75) is 18.4 Å². The Morgan fingerprint density at radius 1 is 1.55 bits per heavy atom. The fourth-order valence-corrected chi connectivity index (χ4v) is 1.24. The van der Waals surface area contributed by atoms with Crippen LogP contribution < -0.4 is 11.1 Å². The number of amides is 1. The van der Waals surface area contributed by atoms with Crippen LogP contribution in [-0.4, -0.2) is 29.1 Å². The molecule has 1 heterocycles. The monoisotopic (exact) mass is 158 g/mol. The van der Waals surface area contributed by atoms with Crippen LogP contribution in [0.4, 0.5) is 0 Å². The Labute approximate surface area is 63.6 Å². The van der Waals surface area contributed by atoms with Crippen LogP contribution in [0.2, 0.25) is 0 Å². The van der Waals surface area contributed by atoms with E-state index < -0.39 is 17.4 Å². The molecule has 5 nitrogen and oxygen atoms in total. The van der Waals surface area contributed by atoms with Gasteiger partial charge in [-0.15, -0.1) is 0 Å². The third kappa shape index (κ3) is 1.07. The van der Waals surface area contributed by atoms with Crippen molar-refractivity contribution in [3.05, 3.63) is 0 Å². The quantitative estimate of drug-likeness (QED) is 0.434. The van der Waals surface area contributed by atoms with Gasteiger partial charge in [0.1, 0.15) is 0 Å². The lowest BCUT2D eigenvalue weighted by molar-refractivity contribution is -0.149. The number of carbonyl (C=O) groups excluding carboxylic acids is 1. The van der Waals surface area contributed by atoms with Crippen LogP contribution in [0.5, 0.6) is 0 Å². The Bertz CT molecular complexity index is 180. The molecule has 1 amide bonds. The number of nitrogens with two attached hydrogens (primary N) is 1. The van der Waals surface area contributed by atoms with Crippen LogP contribution in [0.1, 0.15) is 12.8 Å². The minimum absolute atomic E-state index is 0.289. The maximum Gasteiger partial charge on any atom is 0.333 e. The topological polar surface area (TPSA) is 92.4 Å². The summed E-state index contributed by atoms with van der Waals surface area (Å²) in [5, 5.41) is 11.3. The van der Waals surface area contributed by atoms with Crippen LogP contribution in [0.15, 0.2) is 0 Å². The van der Waals surface area contributed by atoms with Gasteiger partial charge in [-0.05, 0) is 19.4 Å². The number of primary amides is 1. The summed E-state index contributed by atoms with van der Waals surface area (Å²) in [6.07, 6.45) is 0.965. The summed E-state index contributed by atoms with van der Waals surface area (Å²) < 4.78 is 0. The summed E-state index contributed by atoms with van der Waals surface area (Å²) in [4.78, 5) is 21.3. The molecule has 62 valence electrons. The number of hydrogen-bond acceptors (Lipinski definition) is 3. The van der Waals surface area contributed by atoms with E-state index in [1.807, 2.05) is 0 Å². The molecule has 0 bridgehead atoms. The summed E-state index contributed by atoms with van der Waals surface area (Å²) in [6.45, 7) is 0.537. The highest BCUT2D eigenvalue weighted by molar-refractivity contribution is 6.06. The lowest BCUT2D eigenvalue weighted by Gasteiger charge is -2.19. The molecule has 0 aromatic rings. The van der Waals surface area contributed by atoms with Gasteiger partial charge < -0.3 is 10.8 Å². The third-order valence-electron chi connectivity index (χ3n) is 1.94. The van der Waals surface area contributed by atoms with Crippen LogP contribution >= 0.6 is 0 Å². The first-order valence-corrected chi connectivity index (χ1v) is 3.38. The Morgan fingerprint density at radius 2 is 2.18 bits per heavy atom. The molecule has 1 aliphatic heterocycles. The summed E-state index contributed by atoms with van der Waals surface area (Å²) in [5.74, 6) is -1.98. The number of carbonyl (C=O) groups is 2. The first-order valence-electron chi connectivity index (χ1n) is 3.38. The van der Waals surface area contributed by atoms with Crippen LogP contribution in [0.3, 0.4) is 0 Å². The maximum absolute atomic E-state index is 10.7. The molecule has 0 aromatic carbocycles. The molecule has 0 radical (unpaired) electrons. The van der Waals surface area contributed by atoms with Gasteiger partial charge in [0.05, 0.1) is 0 Å². The molecule has 11 heavy (non-hydrogen) atoms. The number of carboxylic acids is 1. The molecule has 1 saturated heterocycles. The van der Waals surface area contributed by atoms with Crippen molar-refractivity contribution in [2.75, 3.05) is 6.54 Å². The van der Waals surface area contributed by atoms with Crippen molar-refractivity contribution in [1.29, 1.82) is 0 Å². The van der Waals surface area contributed by atoms with E-state index in [1.54, 1.807) is 0 Å². The maximum atomic E-state index is 10.7. The van der Waals surface area contributed by atoms with E-state index in [0.29, 0.717) is 13.0 Å². The number of carboxylic acid groups (broad SMARTS) is 1. The van der Waals surface area contributed by atoms with E-state index in [4.69, 9.17) is 10.8 Å². The van der Waals surface area contributed by atoms with E-state index in [9.17, 15) is 9.59 Å². The van der Waals surface area contributed by atoms with Crippen LogP contribution in [-0.2, 0) is 9.59 Å². The average molecular weight is 158 g/mol. The zero-order valence-corrected chi connectivity index (χ0v) is 5.96. The second-order valence-electron chi connectivity index (χ2n) is 2.61. The normalized spacial score (nSPS) is 30.2. The van der Waals surface area contributed by atoms with Crippen molar-refractivity contribution in [1.82, 2.24) is 5.32 Å². The SMILES string of the molecule is NC(=O)[C@]1(C(=O)O)CCCN1. The average Bonchev–Trinajstić information content (AvgIpc) is 2.34. The molecule has 0 aromatic heterocycles. The lowest BCUT2D eigenvalue weighted by atomic mass is 9.97. The predicted octanol–water partition coefficient (Wildman–Crippen LogP) is -1.32. The van der Waals surface area contributed by atoms with E-state index in [2.05, 4.69) is 5.32 Å². The molecule has 0 spiro atoms. The van der Waals surface area contributed by atoms with E-state index in [1.165, 1.54) is 0 Å². The summed E-state index contributed by atoms with van der Waals surface area (Å²) in [6, 6.07) is 0. The third-order valence-corrected chi connectivity index (χ3v) is 1.94.